The van der Waals surface area contributed by atoms with Crippen LogP contribution in [0, 0.1) is 6.92 Å². The molecule has 2 N–H and O–H groups in total. The number of hydrogen-bond acceptors (Lipinski definition) is 5. The molecular formula is C22H21N5OS. The summed E-state index contributed by atoms with van der Waals surface area (Å²) in [6.07, 6.45) is 3.76. The molecule has 1 amide bonds. The fourth-order valence-corrected chi connectivity index (χ4v) is 5.39. The smallest absolute Gasteiger partial charge is 0.245 e. The van der Waals surface area contributed by atoms with Gasteiger partial charge < -0.3 is 10.6 Å². The van der Waals surface area contributed by atoms with Crippen LogP contribution < -0.4 is 5.73 Å². The molecule has 1 atom stereocenters. The molecule has 1 fully saturated rings. The number of aromatic nitrogens is 3. The summed E-state index contributed by atoms with van der Waals surface area (Å²) in [6.45, 7) is 7.12. The van der Waals surface area contributed by atoms with Crippen LogP contribution in [0.25, 0.3) is 26.0 Å². The number of likely N-dealkylation sites (tertiary alicyclic amines) is 1. The second-order valence-corrected chi connectivity index (χ2v) is 8.52. The molecule has 7 heteroatoms. The number of thiophene rings is 1. The second-order valence-electron chi connectivity index (χ2n) is 7.47. The molecule has 0 bridgehead atoms. The van der Waals surface area contributed by atoms with Gasteiger partial charge in [-0.2, -0.15) is 5.10 Å². The molecule has 0 aliphatic carbocycles. The highest BCUT2D eigenvalue weighted by atomic mass is 32.1. The number of fused-ring (bicyclic) bond motifs is 2. The van der Waals surface area contributed by atoms with Crippen LogP contribution in [0.4, 0.5) is 5.82 Å². The average molecular weight is 404 g/mol. The minimum Gasteiger partial charge on any atom is -0.382 e. The summed E-state index contributed by atoms with van der Waals surface area (Å²) in [4.78, 5) is 19.2. The number of amides is 1. The Labute approximate surface area is 172 Å². The van der Waals surface area contributed by atoms with Crippen molar-refractivity contribution in [2.45, 2.75) is 19.3 Å². The van der Waals surface area contributed by atoms with E-state index in [-0.39, 0.29) is 11.8 Å². The summed E-state index contributed by atoms with van der Waals surface area (Å²) in [6, 6.07) is 10.7. The third kappa shape index (κ3) is 2.81. The molecule has 1 aliphatic heterocycles. The predicted octanol–water partition coefficient (Wildman–Crippen LogP) is 4.00. The molecule has 0 radical (unpaired) electrons. The summed E-state index contributed by atoms with van der Waals surface area (Å²) in [5.41, 5.74) is 10.5. The zero-order chi connectivity index (χ0) is 20.1. The predicted molar refractivity (Wildman–Crippen MR) is 117 cm³/mol. The van der Waals surface area contributed by atoms with Crippen molar-refractivity contribution in [1.29, 1.82) is 0 Å². The Kier molecular flexibility index (Phi) is 4.13. The van der Waals surface area contributed by atoms with Crippen LogP contribution in [0.15, 0.2) is 49.3 Å². The number of carbonyl (C=O) groups excluding carboxylic acids is 1. The number of nitrogen functional groups attached to an aromatic ring is 1. The minimum atomic E-state index is -0.0253. The minimum absolute atomic E-state index is 0.0253. The highest BCUT2D eigenvalue weighted by Gasteiger charge is 2.30. The van der Waals surface area contributed by atoms with Crippen LogP contribution in [-0.2, 0) is 4.79 Å². The lowest BCUT2D eigenvalue weighted by Crippen LogP contribution is -2.26. The zero-order valence-corrected chi connectivity index (χ0v) is 16.9. The Morgan fingerprint density at radius 3 is 3.03 bits per heavy atom. The average Bonchev–Trinajstić information content (AvgIpc) is 3.44. The van der Waals surface area contributed by atoms with Crippen molar-refractivity contribution in [2.75, 3.05) is 18.8 Å². The van der Waals surface area contributed by atoms with Crippen LogP contribution in [0.1, 0.15) is 23.6 Å². The van der Waals surface area contributed by atoms with Crippen molar-refractivity contribution in [3.63, 3.8) is 0 Å². The normalized spacial score (nSPS) is 16.7. The van der Waals surface area contributed by atoms with Gasteiger partial charge >= 0.3 is 0 Å². The summed E-state index contributed by atoms with van der Waals surface area (Å²) < 4.78 is 3.18. The Morgan fingerprint density at radius 2 is 2.24 bits per heavy atom. The standard InChI is InChI=1S/C22H21N5OS/c1-3-19(28)26-8-7-15(11-26)17-10-16(20-22(23)24-12-25-27(17)20)18-9-14-6-4-5-13(2)21(14)29-18/h3-6,9-10,12,15H,1,7-8,11H2,2H3,(H2,23,24,25). The summed E-state index contributed by atoms with van der Waals surface area (Å²) in [5, 5.41) is 5.73. The molecule has 1 unspecified atom stereocenters. The van der Waals surface area contributed by atoms with Crippen LogP contribution in [0.2, 0.25) is 0 Å². The first-order valence-electron chi connectivity index (χ1n) is 9.60. The third-order valence-corrected chi connectivity index (χ3v) is 7.03. The fourth-order valence-electron chi connectivity index (χ4n) is 4.24. The van der Waals surface area contributed by atoms with Gasteiger partial charge in [-0.15, -0.1) is 11.3 Å². The van der Waals surface area contributed by atoms with E-state index in [1.54, 1.807) is 11.3 Å². The monoisotopic (exact) mass is 403 g/mol. The molecule has 4 heterocycles. The molecule has 1 aromatic carbocycles. The fraction of sp³-hybridized carbons (Fsp3) is 0.227. The second kappa shape index (κ2) is 6.70. The van der Waals surface area contributed by atoms with Crippen molar-refractivity contribution in [2.24, 2.45) is 0 Å². The molecule has 1 aliphatic rings. The van der Waals surface area contributed by atoms with Crippen LogP contribution >= 0.6 is 11.3 Å². The summed E-state index contributed by atoms with van der Waals surface area (Å²) in [7, 11) is 0. The first-order valence-corrected chi connectivity index (χ1v) is 10.4. The maximum Gasteiger partial charge on any atom is 0.245 e. The van der Waals surface area contributed by atoms with Crippen molar-refractivity contribution in [3.05, 3.63) is 60.6 Å². The molecule has 3 aromatic heterocycles. The Bertz CT molecular complexity index is 1270. The van der Waals surface area contributed by atoms with Gasteiger partial charge in [-0.1, -0.05) is 24.8 Å². The lowest BCUT2D eigenvalue weighted by Gasteiger charge is -2.14. The van der Waals surface area contributed by atoms with Gasteiger partial charge in [0.2, 0.25) is 5.91 Å². The molecule has 6 nitrogen and oxygen atoms in total. The van der Waals surface area contributed by atoms with E-state index in [0.717, 1.165) is 34.6 Å². The lowest BCUT2D eigenvalue weighted by atomic mass is 10.0. The van der Waals surface area contributed by atoms with Crippen molar-refractivity contribution in [3.8, 4) is 10.4 Å². The molecule has 1 saturated heterocycles. The first kappa shape index (κ1) is 17.9. The molecule has 146 valence electrons. The Morgan fingerprint density at radius 1 is 1.38 bits per heavy atom. The van der Waals surface area contributed by atoms with E-state index in [1.807, 2.05) is 9.42 Å². The van der Waals surface area contributed by atoms with Crippen molar-refractivity contribution < 1.29 is 4.79 Å². The number of rotatable bonds is 3. The summed E-state index contributed by atoms with van der Waals surface area (Å²) >= 11 is 1.76. The van der Waals surface area contributed by atoms with Gasteiger partial charge in [-0.25, -0.2) is 9.50 Å². The van der Waals surface area contributed by atoms with Gasteiger partial charge in [-0.05, 0) is 42.5 Å². The number of carbonyl (C=O) groups is 1. The zero-order valence-electron chi connectivity index (χ0n) is 16.1. The number of nitrogens with zero attached hydrogens (tertiary/aromatic N) is 4. The molecule has 4 aromatic rings. The van der Waals surface area contributed by atoms with E-state index in [1.165, 1.54) is 28.1 Å². The maximum absolute atomic E-state index is 12.0. The van der Waals surface area contributed by atoms with Crippen molar-refractivity contribution in [1.82, 2.24) is 19.5 Å². The highest BCUT2D eigenvalue weighted by molar-refractivity contribution is 7.22. The number of anilines is 1. The highest BCUT2D eigenvalue weighted by Crippen LogP contribution is 2.41. The lowest BCUT2D eigenvalue weighted by molar-refractivity contribution is -0.125. The van der Waals surface area contributed by atoms with E-state index in [2.05, 4.69) is 53.9 Å². The number of hydrogen-bond donors (Lipinski definition) is 1. The van der Waals surface area contributed by atoms with Crippen molar-refractivity contribution >= 4 is 38.7 Å². The quantitative estimate of drug-likeness (QED) is 0.525. The van der Waals surface area contributed by atoms with E-state index in [4.69, 9.17) is 5.73 Å². The SMILES string of the molecule is C=CC(=O)N1CCC(c2cc(-c3cc4cccc(C)c4s3)c3c(N)ncnn23)C1. The van der Waals surface area contributed by atoms with E-state index in [0.29, 0.717) is 12.4 Å². The van der Waals surface area contributed by atoms with Gasteiger partial charge in [0, 0.05) is 39.8 Å². The number of benzene rings is 1. The van der Waals surface area contributed by atoms with Gasteiger partial charge in [0.1, 0.15) is 11.8 Å². The van der Waals surface area contributed by atoms with Gasteiger partial charge in [0.05, 0.1) is 0 Å². The topological polar surface area (TPSA) is 76.5 Å². The Balaban J connectivity index is 1.66. The summed E-state index contributed by atoms with van der Waals surface area (Å²) in [5.74, 6) is 0.640. The van der Waals surface area contributed by atoms with E-state index < -0.39 is 0 Å². The Hall–Kier alpha value is -3.19. The van der Waals surface area contributed by atoms with Crippen LogP contribution in [-0.4, -0.2) is 38.5 Å². The molecule has 0 spiro atoms. The number of aryl methyl sites for hydroxylation is 1. The first-order chi connectivity index (χ1) is 14.1. The molecule has 29 heavy (non-hydrogen) atoms. The molecular weight excluding hydrogens is 382 g/mol. The van der Waals surface area contributed by atoms with Gasteiger partial charge in [0.15, 0.2) is 5.82 Å². The van der Waals surface area contributed by atoms with Gasteiger partial charge in [-0.3, -0.25) is 4.79 Å². The number of nitrogens with two attached hydrogens (primary N) is 1. The van der Waals surface area contributed by atoms with Gasteiger partial charge in [0.25, 0.3) is 0 Å². The maximum atomic E-state index is 12.0. The van der Waals surface area contributed by atoms with E-state index >= 15 is 0 Å². The largest absolute Gasteiger partial charge is 0.382 e. The molecule has 0 saturated carbocycles. The van der Waals surface area contributed by atoms with Crippen LogP contribution in [0.5, 0.6) is 0 Å². The van der Waals surface area contributed by atoms with E-state index in [9.17, 15) is 4.79 Å². The third-order valence-electron chi connectivity index (χ3n) is 5.71. The van der Waals surface area contributed by atoms with Crippen LogP contribution in [0.3, 0.4) is 0 Å². The molecule has 5 rings (SSSR count).